The summed E-state index contributed by atoms with van der Waals surface area (Å²) >= 11 is 0. The van der Waals surface area contributed by atoms with E-state index < -0.39 is 5.97 Å². The summed E-state index contributed by atoms with van der Waals surface area (Å²) in [5.41, 5.74) is 1.26. The number of carboxylic acids is 1. The number of fused-ring (bicyclic) bond motifs is 1. The third-order valence-corrected chi connectivity index (χ3v) is 3.72. The predicted octanol–water partition coefficient (Wildman–Crippen LogP) is 1.38. The van der Waals surface area contributed by atoms with E-state index in [1.54, 1.807) is 20.3 Å². The molecule has 7 nitrogen and oxygen atoms in total. The SMILES string of the molecule is COC1CN(c2nc3ccc(C(=O)O)cc3o2)CC1OC. The Morgan fingerprint density at radius 1 is 1.33 bits per heavy atom. The maximum Gasteiger partial charge on any atom is 0.335 e. The largest absolute Gasteiger partial charge is 0.478 e. The molecule has 2 unspecified atom stereocenters. The minimum atomic E-state index is -0.991. The lowest BCUT2D eigenvalue weighted by Crippen LogP contribution is -2.27. The van der Waals surface area contributed by atoms with Crippen LogP contribution in [0.5, 0.6) is 0 Å². The fourth-order valence-corrected chi connectivity index (χ4v) is 2.53. The molecule has 21 heavy (non-hydrogen) atoms. The number of aromatic carboxylic acids is 1. The topological polar surface area (TPSA) is 85.0 Å². The highest BCUT2D eigenvalue weighted by atomic mass is 16.5. The Hall–Kier alpha value is -2.12. The van der Waals surface area contributed by atoms with Crippen molar-refractivity contribution in [2.75, 3.05) is 32.2 Å². The summed E-state index contributed by atoms with van der Waals surface area (Å²) in [6.07, 6.45) is -0.0841. The number of benzene rings is 1. The van der Waals surface area contributed by atoms with E-state index in [0.29, 0.717) is 30.2 Å². The Labute approximate surface area is 121 Å². The summed E-state index contributed by atoms with van der Waals surface area (Å²) in [4.78, 5) is 17.3. The zero-order valence-electron chi connectivity index (χ0n) is 11.8. The zero-order valence-corrected chi connectivity index (χ0v) is 11.8. The number of hydrogen-bond donors (Lipinski definition) is 1. The number of rotatable bonds is 4. The molecule has 0 aliphatic carbocycles. The first-order chi connectivity index (χ1) is 10.1. The van der Waals surface area contributed by atoms with E-state index in [1.165, 1.54) is 12.1 Å². The third kappa shape index (κ3) is 2.45. The number of anilines is 1. The van der Waals surface area contributed by atoms with Gasteiger partial charge in [0.2, 0.25) is 0 Å². The Morgan fingerprint density at radius 2 is 2.00 bits per heavy atom. The number of carbonyl (C=O) groups is 1. The highest BCUT2D eigenvalue weighted by Crippen LogP contribution is 2.27. The van der Waals surface area contributed by atoms with Crippen molar-refractivity contribution in [1.29, 1.82) is 0 Å². The van der Waals surface area contributed by atoms with E-state index in [-0.39, 0.29) is 17.8 Å². The molecule has 0 spiro atoms. The smallest absolute Gasteiger partial charge is 0.335 e. The minimum Gasteiger partial charge on any atom is -0.478 e. The molecule has 1 fully saturated rings. The van der Waals surface area contributed by atoms with Gasteiger partial charge in [0.05, 0.1) is 18.7 Å². The van der Waals surface area contributed by atoms with Gasteiger partial charge in [-0.25, -0.2) is 4.79 Å². The lowest BCUT2D eigenvalue weighted by molar-refractivity contribution is -0.00461. The van der Waals surface area contributed by atoms with Crippen LogP contribution >= 0.6 is 0 Å². The quantitative estimate of drug-likeness (QED) is 0.911. The van der Waals surface area contributed by atoms with Crippen LogP contribution in [0.3, 0.4) is 0 Å². The maximum atomic E-state index is 11.0. The molecular formula is C14H16N2O5. The molecule has 2 heterocycles. The molecule has 7 heteroatoms. The molecule has 0 radical (unpaired) electrons. The number of methoxy groups -OCH3 is 2. The van der Waals surface area contributed by atoms with Crippen molar-refractivity contribution in [1.82, 2.24) is 4.98 Å². The van der Waals surface area contributed by atoms with Crippen LogP contribution in [0.4, 0.5) is 6.01 Å². The molecule has 3 rings (SSSR count). The van der Waals surface area contributed by atoms with Gasteiger partial charge in [-0.1, -0.05) is 0 Å². The summed E-state index contributed by atoms with van der Waals surface area (Å²) in [6.45, 7) is 1.24. The van der Waals surface area contributed by atoms with Gasteiger partial charge in [-0.05, 0) is 18.2 Å². The fraction of sp³-hybridized carbons (Fsp3) is 0.429. The normalized spacial score (nSPS) is 22.1. The molecular weight excluding hydrogens is 276 g/mol. The monoisotopic (exact) mass is 292 g/mol. The Morgan fingerprint density at radius 3 is 2.57 bits per heavy atom. The van der Waals surface area contributed by atoms with Crippen LogP contribution in [0.1, 0.15) is 10.4 Å². The third-order valence-electron chi connectivity index (χ3n) is 3.72. The fourth-order valence-electron chi connectivity index (χ4n) is 2.53. The van der Waals surface area contributed by atoms with Crippen LogP contribution < -0.4 is 4.90 Å². The number of hydrogen-bond acceptors (Lipinski definition) is 6. The van der Waals surface area contributed by atoms with Crippen LogP contribution in [0.2, 0.25) is 0 Å². The highest BCUT2D eigenvalue weighted by Gasteiger charge is 2.35. The zero-order chi connectivity index (χ0) is 15.0. The molecule has 0 bridgehead atoms. The summed E-state index contributed by atoms with van der Waals surface area (Å²) in [7, 11) is 3.29. The summed E-state index contributed by atoms with van der Waals surface area (Å²) in [6, 6.07) is 5.08. The Kier molecular flexibility index (Phi) is 3.52. The molecule has 2 aromatic rings. The molecule has 1 aliphatic rings. The summed E-state index contributed by atoms with van der Waals surface area (Å²) in [5.74, 6) is -0.991. The number of ether oxygens (including phenoxy) is 2. The maximum absolute atomic E-state index is 11.0. The average Bonchev–Trinajstić information content (AvgIpc) is 3.09. The van der Waals surface area contributed by atoms with Crippen molar-refractivity contribution in [3.63, 3.8) is 0 Å². The van der Waals surface area contributed by atoms with Crippen molar-refractivity contribution in [2.24, 2.45) is 0 Å². The standard InChI is InChI=1S/C14H16N2O5/c1-19-11-6-16(7-12(11)20-2)14-15-9-4-3-8(13(17)18)5-10(9)21-14/h3-5,11-12H,6-7H2,1-2H3,(H,17,18). The number of carboxylic acid groups (broad SMARTS) is 1. The molecule has 1 aromatic carbocycles. The van der Waals surface area contributed by atoms with Gasteiger partial charge in [-0.3, -0.25) is 0 Å². The lowest BCUT2D eigenvalue weighted by Gasteiger charge is -2.13. The van der Waals surface area contributed by atoms with Gasteiger partial charge in [-0.2, -0.15) is 4.98 Å². The molecule has 112 valence electrons. The van der Waals surface area contributed by atoms with Gasteiger partial charge in [0.1, 0.15) is 17.7 Å². The van der Waals surface area contributed by atoms with E-state index in [9.17, 15) is 4.79 Å². The predicted molar refractivity (Wildman–Crippen MR) is 74.8 cm³/mol. The number of aromatic nitrogens is 1. The van der Waals surface area contributed by atoms with E-state index in [0.717, 1.165) is 0 Å². The van der Waals surface area contributed by atoms with E-state index in [2.05, 4.69) is 4.98 Å². The van der Waals surface area contributed by atoms with Gasteiger partial charge >= 0.3 is 5.97 Å². The Balaban J connectivity index is 1.89. The first-order valence-electron chi connectivity index (χ1n) is 6.57. The first-order valence-corrected chi connectivity index (χ1v) is 6.57. The Bertz CT molecular complexity index is 656. The number of nitrogens with zero attached hydrogens (tertiary/aromatic N) is 2. The molecule has 2 atom stereocenters. The lowest BCUT2D eigenvalue weighted by atomic mass is 10.2. The van der Waals surface area contributed by atoms with Crippen molar-refractivity contribution in [3.8, 4) is 0 Å². The van der Waals surface area contributed by atoms with Crippen LogP contribution in [0.15, 0.2) is 22.6 Å². The van der Waals surface area contributed by atoms with E-state index in [1.807, 2.05) is 4.90 Å². The second-order valence-corrected chi connectivity index (χ2v) is 4.94. The van der Waals surface area contributed by atoms with Crippen molar-refractivity contribution >= 4 is 23.1 Å². The van der Waals surface area contributed by atoms with Gasteiger partial charge in [0, 0.05) is 14.2 Å². The second kappa shape index (κ2) is 5.34. The molecule has 1 saturated heterocycles. The second-order valence-electron chi connectivity index (χ2n) is 4.94. The van der Waals surface area contributed by atoms with Crippen molar-refractivity contribution < 1.29 is 23.8 Å². The summed E-state index contributed by atoms with van der Waals surface area (Å²) < 4.78 is 16.4. The molecule has 1 aromatic heterocycles. The van der Waals surface area contributed by atoms with Crippen molar-refractivity contribution in [3.05, 3.63) is 23.8 Å². The van der Waals surface area contributed by atoms with Crippen LogP contribution in [-0.2, 0) is 9.47 Å². The van der Waals surface area contributed by atoms with Crippen LogP contribution in [0.25, 0.3) is 11.1 Å². The van der Waals surface area contributed by atoms with Gasteiger partial charge in [-0.15, -0.1) is 0 Å². The van der Waals surface area contributed by atoms with Gasteiger partial charge < -0.3 is 23.9 Å². The van der Waals surface area contributed by atoms with E-state index in [4.69, 9.17) is 19.0 Å². The molecule has 1 N–H and O–H groups in total. The number of oxazole rings is 1. The average molecular weight is 292 g/mol. The van der Waals surface area contributed by atoms with Crippen molar-refractivity contribution in [2.45, 2.75) is 12.2 Å². The van der Waals surface area contributed by atoms with E-state index >= 15 is 0 Å². The highest BCUT2D eigenvalue weighted by molar-refractivity contribution is 5.92. The molecule has 0 saturated carbocycles. The van der Waals surface area contributed by atoms with Gasteiger partial charge in [0.25, 0.3) is 6.01 Å². The van der Waals surface area contributed by atoms with Gasteiger partial charge in [0.15, 0.2) is 5.58 Å². The van der Waals surface area contributed by atoms with Crippen LogP contribution in [-0.4, -0.2) is 55.6 Å². The summed E-state index contributed by atoms with van der Waals surface area (Å²) in [5, 5.41) is 8.99. The van der Waals surface area contributed by atoms with Crippen LogP contribution in [0, 0.1) is 0 Å². The molecule has 0 amide bonds. The minimum absolute atomic E-state index is 0.0420. The molecule has 1 aliphatic heterocycles. The first kappa shape index (κ1) is 13.8.